The van der Waals surface area contributed by atoms with Gasteiger partial charge in [-0.15, -0.1) is 6.58 Å². The van der Waals surface area contributed by atoms with E-state index in [1.165, 1.54) is 0 Å². The number of halogens is 3. The van der Waals surface area contributed by atoms with Crippen molar-refractivity contribution >= 4 is 5.97 Å². The van der Waals surface area contributed by atoms with Crippen LogP contribution in [0, 0.1) is 0 Å². The van der Waals surface area contributed by atoms with Crippen molar-refractivity contribution in [2.45, 2.75) is 19.5 Å². The molecular weight excluding hydrogens is 211 g/mol. The number of hydrogen-bond donors (Lipinski definition) is 1. The standard InChI is InChI=1S/C9H14F3NO2/c1-7(2)3-4-13(5-8(14)15)6-9(10,11)12/h1,3-6H2,2H3,(H,14,15). The van der Waals surface area contributed by atoms with Crippen molar-refractivity contribution in [2.24, 2.45) is 0 Å². The molecule has 0 aromatic carbocycles. The Kier molecular flexibility index (Phi) is 5.35. The number of hydrogen-bond acceptors (Lipinski definition) is 2. The van der Waals surface area contributed by atoms with Crippen molar-refractivity contribution in [1.29, 1.82) is 0 Å². The summed E-state index contributed by atoms with van der Waals surface area (Å²) >= 11 is 0. The molecule has 0 saturated carbocycles. The van der Waals surface area contributed by atoms with Crippen LogP contribution in [0.25, 0.3) is 0 Å². The summed E-state index contributed by atoms with van der Waals surface area (Å²) in [6.07, 6.45) is -4.01. The summed E-state index contributed by atoms with van der Waals surface area (Å²) in [6.45, 7) is 3.48. The van der Waals surface area contributed by atoms with Crippen molar-refractivity contribution < 1.29 is 23.1 Å². The molecule has 0 fully saturated rings. The first-order valence-electron chi connectivity index (χ1n) is 4.36. The van der Waals surface area contributed by atoms with Gasteiger partial charge in [-0.1, -0.05) is 5.57 Å². The summed E-state index contributed by atoms with van der Waals surface area (Å²) in [6, 6.07) is 0. The molecule has 0 radical (unpaired) electrons. The lowest BCUT2D eigenvalue weighted by Gasteiger charge is -2.21. The zero-order valence-corrected chi connectivity index (χ0v) is 8.47. The third kappa shape index (κ3) is 9.27. The Morgan fingerprint density at radius 3 is 2.33 bits per heavy atom. The molecule has 0 spiro atoms. The molecule has 0 aliphatic rings. The summed E-state index contributed by atoms with van der Waals surface area (Å²) in [5.74, 6) is -1.26. The predicted molar refractivity (Wildman–Crippen MR) is 49.6 cm³/mol. The molecule has 6 heteroatoms. The molecule has 0 heterocycles. The lowest BCUT2D eigenvalue weighted by atomic mass is 10.2. The number of carbonyl (C=O) groups is 1. The zero-order valence-electron chi connectivity index (χ0n) is 8.47. The van der Waals surface area contributed by atoms with Crippen LogP contribution in [-0.2, 0) is 4.79 Å². The monoisotopic (exact) mass is 225 g/mol. The van der Waals surface area contributed by atoms with Crippen LogP contribution in [0.2, 0.25) is 0 Å². The van der Waals surface area contributed by atoms with Gasteiger partial charge in [0, 0.05) is 6.54 Å². The smallest absolute Gasteiger partial charge is 0.401 e. The Hall–Kier alpha value is -1.04. The highest BCUT2D eigenvalue weighted by atomic mass is 19.4. The molecule has 0 atom stereocenters. The van der Waals surface area contributed by atoms with Gasteiger partial charge in [0.25, 0.3) is 0 Å². The first kappa shape index (κ1) is 14.0. The number of rotatable bonds is 6. The molecule has 0 unspecified atom stereocenters. The van der Waals surface area contributed by atoms with Crippen LogP contribution in [0.1, 0.15) is 13.3 Å². The van der Waals surface area contributed by atoms with Crippen LogP contribution in [0.4, 0.5) is 13.2 Å². The molecule has 0 aliphatic carbocycles. The van der Waals surface area contributed by atoms with Gasteiger partial charge in [0.05, 0.1) is 13.1 Å². The lowest BCUT2D eigenvalue weighted by Crippen LogP contribution is -2.38. The van der Waals surface area contributed by atoms with Gasteiger partial charge in [0.15, 0.2) is 0 Å². The summed E-state index contributed by atoms with van der Waals surface area (Å²) in [5, 5.41) is 8.41. The molecular formula is C9H14F3NO2. The highest BCUT2D eigenvalue weighted by Gasteiger charge is 2.31. The van der Waals surface area contributed by atoms with E-state index in [1.54, 1.807) is 6.92 Å². The topological polar surface area (TPSA) is 40.5 Å². The number of nitrogens with zero attached hydrogens (tertiary/aromatic N) is 1. The highest BCUT2D eigenvalue weighted by Crippen LogP contribution is 2.16. The van der Waals surface area contributed by atoms with E-state index in [-0.39, 0.29) is 6.54 Å². The maximum Gasteiger partial charge on any atom is 0.401 e. The summed E-state index contributed by atoms with van der Waals surface area (Å²) in [7, 11) is 0. The van der Waals surface area contributed by atoms with Crippen LogP contribution >= 0.6 is 0 Å². The summed E-state index contributed by atoms with van der Waals surface area (Å²) in [5.41, 5.74) is 0.729. The van der Waals surface area contributed by atoms with E-state index >= 15 is 0 Å². The van der Waals surface area contributed by atoms with Crippen LogP contribution < -0.4 is 0 Å². The maximum absolute atomic E-state index is 12.0. The van der Waals surface area contributed by atoms with Crippen molar-refractivity contribution in [3.8, 4) is 0 Å². The second-order valence-electron chi connectivity index (χ2n) is 3.43. The maximum atomic E-state index is 12.0. The van der Waals surface area contributed by atoms with Gasteiger partial charge < -0.3 is 5.11 Å². The van der Waals surface area contributed by atoms with E-state index in [0.29, 0.717) is 6.42 Å². The normalized spacial score (nSPS) is 11.8. The largest absolute Gasteiger partial charge is 0.480 e. The minimum Gasteiger partial charge on any atom is -0.480 e. The van der Waals surface area contributed by atoms with Gasteiger partial charge in [-0.2, -0.15) is 13.2 Å². The fourth-order valence-electron chi connectivity index (χ4n) is 1.01. The Labute approximate surface area is 86.2 Å². The van der Waals surface area contributed by atoms with Crippen LogP contribution in [-0.4, -0.2) is 41.8 Å². The third-order valence-corrected chi connectivity index (χ3v) is 1.62. The summed E-state index contributed by atoms with van der Waals surface area (Å²) < 4.78 is 36.1. The van der Waals surface area contributed by atoms with Gasteiger partial charge in [-0.3, -0.25) is 9.69 Å². The minimum absolute atomic E-state index is 0.0567. The van der Waals surface area contributed by atoms with E-state index in [4.69, 9.17) is 5.11 Å². The van der Waals surface area contributed by atoms with E-state index < -0.39 is 25.2 Å². The van der Waals surface area contributed by atoms with Crippen LogP contribution in [0.5, 0.6) is 0 Å². The zero-order chi connectivity index (χ0) is 12.1. The molecule has 0 rings (SSSR count). The highest BCUT2D eigenvalue weighted by molar-refractivity contribution is 5.69. The SMILES string of the molecule is C=C(C)CCN(CC(=O)O)CC(F)(F)F. The molecule has 0 aliphatic heterocycles. The van der Waals surface area contributed by atoms with E-state index in [1.807, 2.05) is 0 Å². The van der Waals surface area contributed by atoms with Crippen molar-refractivity contribution in [1.82, 2.24) is 4.90 Å². The van der Waals surface area contributed by atoms with Crippen molar-refractivity contribution in [3.05, 3.63) is 12.2 Å². The van der Waals surface area contributed by atoms with Crippen LogP contribution in [0.15, 0.2) is 12.2 Å². The van der Waals surface area contributed by atoms with Crippen LogP contribution in [0.3, 0.4) is 0 Å². The molecule has 0 amide bonds. The van der Waals surface area contributed by atoms with Gasteiger partial charge in [-0.25, -0.2) is 0 Å². The van der Waals surface area contributed by atoms with Crippen molar-refractivity contribution in [3.63, 3.8) is 0 Å². The first-order chi connectivity index (χ1) is 6.70. The molecule has 15 heavy (non-hydrogen) atoms. The molecule has 0 aromatic heterocycles. The second kappa shape index (κ2) is 5.75. The Balaban J connectivity index is 4.18. The Morgan fingerprint density at radius 1 is 1.47 bits per heavy atom. The van der Waals surface area contributed by atoms with E-state index in [0.717, 1.165) is 10.5 Å². The molecule has 0 saturated heterocycles. The third-order valence-electron chi connectivity index (χ3n) is 1.62. The summed E-state index contributed by atoms with van der Waals surface area (Å²) in [4.78, 5) is 11.2. The fraction of sp³-hybridized carbons (Fsp3) is 0.667. The van der Waals surface area contributed by atoms with Gasteiger partial charge in [0.1, 0.15) is 0 Å². The first-order valence-corrected chi connectivity index (χ1v) is 4.36. The number of carboxylic acids is 1. The quantitative estimate of drug-likeness (QED) is 0.702. The van der Waals surface area contributed by atoms with Gasteiger partial charge >= 0.3 is 12.1 Å². The average Bonchev–Trinajstić information content (AvgIpc) is 1.95. The van der Waals surface area contributed by atoms with Gasteiger partial charge in [0.2, 0.25) is 0 Å². The van der Waals surface area contributed by atoms with E-state index in [2.05, 4.69) is 6.58 Å². The molecule has 1 N–H and O–H groups in total. The van der Waals surface area contributed by atoms with E-state index in [9.17, 15) is 18.0 Å². The molecule has 0 bridgehead atoms. The van der Waals surface area contributed by atoms with Gasteiger partial charge in [-0.05, 0) is 13.3 Å². The average molecular weight is 225 g/mol. The van der Waals surface area contributed by atoms with Crippen molar-refractivity contribution in [2.75, 3.05) is 19.6 Å². The Bertz CT molecular complexity index is 238. The molecule has 88 valence electrons. The molecule has 3 nitrogen and oxygen atoms in total. The number of carboxylic acid groups (broad SMARTS) is 1. The number of alkyl halides is 3. The number of aliphatic carboxylic acids is 1. The minimum atomic E-state index is -4.37. The second-order valence-corrected chi connectivity index (χ2v) is 3.43. The predicted octanol–water partition coefficient (Wildman–Crippen LogP) is 1.90. The molecule has 0 aromatic rings. The Morgan fingerprint density at radius 2 is 2.00 bits per heavy atom. The lowest BCUT2D eigenvalue weighted by molar-refractivity contribution is -0.153. The fourth-order valence-corrected chi connectivity index (χ4v) is 1.01.